The van der Waals surface area contributed by atoms with E-state index in [9.17, 15) is 14.7 Å². The summed E-state index contributed by atoms with van der Waals surface area (Å²) in [5.41, 5.74) is 1.29. The third-order valence-electron chi connectivity index (χ3n) is 8.15. The molecule has 5 nitrogen and oxygen atoms in total. The Morgan fingerprint density at radius 1 is 1.00 bits per heavy atom. The number of nitrogens with zero attached hydrogens (tertiary/aromatic N) is 1. The van der Waals surface area contributed by atoms with Crippen LogP contribution in [0.3, 0.4) is 0 Å². The van der Waals surface area contributed by atoms with Crippen molar-refractivity contribution in [2.24, 2.45) is 17.8 Å². The molecule has 1 aliphatic heterocycles. The summed E-state index contributed by atoms with van der Waals surface area (Å²) in [5.74, 6) is 0.845. The molecule has 5 rings (SSSR count). The molecule has 4 atom stereocenters. The van der Waals surface area contributed by atoms with Gasteiger partial charge in [0, 0.05) is 37.2 Å². The molecule has 2 N–H and O–H groups in total. The standard InChI is InChI=1S/C28H34N2O3/c1-19(31)21-13-11-20(12-14-21)15-16-30-17-24-25(18-30)26(24)29-27(32)28(33,23-9-5-6-10-23)22-7-3-2-4-8-22/h2-4,7-8,11-14,23-26,33H,5-6,9-10,15-18H2,1H3,(H,29,32)/t24-,25+,26?,28?. The fraction of sp³-hybridized carbons (Fsp3) is 0.500. The molecular formula is C28H34N2O3. The van der Waals surface area contributed by atoms with E-state index in [1.807, 2.05) is 54.6 Å². The van der Waals surface area contributed by atoms with Crippen molar-refractivity contribution in [2.45, 2.75) is 50.7 Å². The summed E-state index contributed by atoms with van der Waals surface area (Å²) in [6.45, 7) is 4.57. The first-order valence-corrected chi connectivity index (χ1v) is 12.4. The number of likely N-dealkylation sites (tertiary alicyclic amines) is 1. The van der Waals surface area contributed by atoms with Gasteiger partial charge in [0.2, 0.25) is 0 Å². The average molecular weight is 447 g/mol. The second kappa shape index (κ2) is 9.03. The summed E-state index contributed by atoms with van der Waals surface area (Å²) in [6.07, 6.45) is 4.92. The van der Waals surface area contributed by atoms with Gasteiger partial charge in [0.1, 0.15) is 0 Å². The average Bonchev–Trinajstić information content (AvgIpc) is 3.25. The third kappa shape index (κ3) is 4.36. The monoisotopic (exact) mass is 446 g/mol. The molecule has 2 aliphatic carbocycles. The summed E-state index contributed by atoms with van der Waals surface area (Å²) in [4.78, 5) is 27.3. The SMILES string of the molecule is CC(=O)c1ccc(CCN2C[C@@H]3C(NC(=O)C(O)(c4ccccc4)C4CCCC4)[C@@H]3C2)cc1. The second-order valence-electron chi connectivity index (χ2n) is 10.2. The Morgan fingerprint density at radius 3 is 2.24 bits per heavy atom. The number of fused-ring (bicyclic) bond motifs is 1. The lowest BCUT2D eigenvalue weighted by atomic mass is 9.79. The lowest BCUT2D eigenvalue weighted by Crippen LogP contribution is -2.51. The van der Waals surface area contributed by atoms with E-state index in [0.717, 1.165) is 62.9 Å². The van der Waals surface area contributed by atoms with Gasteiger partial charge in [-0.15, -0.1) is 0 Å². The Balaban J connectivity index is 1.15. The van der Waals surface area contributed by atoms with Crippen molar-refractivity contribution in [1.29, 1.82) is 0 Å². The number of carbonyl (C=O) groups is 2. The van der Waals surface area contributed by atoms with Crippen molar-refractivity contribution >= 4 is 11.7 Å². The third-order valence-corrected chi connectivity index (χ3v) is 8.15. The van der Waals surface area contributed by atoms with Gasteiger partial charge in [0.25, 0.3) is 5.91 Å². The molecule has 0 radical (unpaired) electrons. The summed E-state index contributed by atoms with van der Waals surface area (Å²) in [5, 5.41) is 14.9. The number of nitrogens with one attached hydrogen (secondary N) is 1. The molecule has 3 aliphatic rings. The zero-order valence-electron chi connectivity index (χ0n) is 19.4. The summed E-state index contributed by atoms with van der Waals surface area (Å²) in [7, 11) is 0. The van der Waals surface area contributed by atoms with Gasteiger partial charge in [0.15, 0.2) is 11.4 Å². The number of benzene rings is 2. The van der Waals surface area contributed by atoms with Crippen molar-refractivity contribution < 1.29 is 14.7 Å². The highest BCUT2D eigenvalue weighted by atomic mass is 16.3. The van der Waals surface area contributed by atoms with Gasteiger partial charge in [-0.2, -0.15) is 0 Å². The predicted molar refractivity (Wildman–Crippen MR) is 128 cm³/mol. The van der Waals surface area contributed by atoms with Gasteiger partial charge in [-0.3, -0.25) is 9.59 Å². The van der Waals surface area contributed by atoms with Crippen LogP contribution >= 0.6 is 0 Å². The highest BCUT2D eigenvalue weighted by molar-refractivity contribution is 5.94. The van der Waals surface area contributed by atoms with Gasteiger partial charge in [-0.05, 0) is 49.1 Å². The minimum atomic E-state index is -1.43. The van der Waals surface area contributed by atoms with E-state index in [0.29, 0.717) is 11.8 Å². The van der Waals surface area contributed by atoms with Crippen LogP contribution in [0.2, 0.25) is 0 Å². The number of piperidine rings is 1. The Kier molecular flexibility index (Phi) is 6.11. The van der Waals surface area contributed by atoms with Gasteiger partial charge < -0.3 is 15.3 Å². The molecule has 2 unspecified atom stereocenters. The maximum absolute atomic E-state index is 13.4. The van der Waals surface area contributed by atoms with Crippen LogP contribution in [0.15, 0.2) is 54.6 Å². The van der Waals surface area contributed by atoms with Crippen LogP contribution in [0.5, 0.6) is 0 Å². The molecule has 174 valence electrons. The molecule has 33 heavy (non-hydrogen) atoms. The Labute approximate surface area is 196 Å². The van der Waals surface area contributed by atoms with Gasteiger partial charge in [0.05, 0.1) is 0 Å². The molecule has 2 saturated carbocycles. The number of rotatable bonds is 8. The van der Waals surface area contributed by atoms with E-state index in [4.69, 9.17) is 0 Å². The first kappa shape index (κ1) is 22.3. The van der Waals surface area contributed by atoms with Crippen LogP contribution in [0.25, 0.3) is 0 Å². The molecule has 1 amide bonds. The number of aliphatic hydroxyl groups is 1. The summed E-state index contributed by atoms with van der Waals surface area (Å²) < 4.78 is 0. The van der Waals surface area contributed by atoms with E-state index in [2.05, 4.69) is 10.2 Å². The van der Waals surface area contributed by atoms with E-state index >= 15 is 0 Å². The first-order chi connectivity index (χ1) is 16.0. The van der Waals surface area contributed by atoms with E-state index in [1.54, 1.807) is 6.92 Å². The highest BCUT2D eigenvalue weighted by Crippen LogP contribution is 2.47. The second-order valence-corrected chi connectivity index (χ2v) is 10.2. The van der Waals surface area contributed by atoms with Crippen LogP contribution in [0.4, 0.5) is 0 Å². The maximum Gasteiger partial charge on any atom is 0.257 e. The van der Waals surface area contributed by atoms with Crippen molar-refractivity contribution in [3.8, 4) is 0 Å². The van der Waals surface area contributed by atoms with Crippen LogP contribution in [-0.2, 0) is 16.8 Å². The fourth-order valence-electron chi connectivity index (χ4n) is 6.05. The van der Waals surface area contributed by atoms with Crippen LogP contribution in [-0.4, -0.2) is 47.4 Å². The molecule has 3 fully saturated rings. The van der Waals surface area contributed by atoms with Crippen LogP contribution in [0, 0.1) is 17.8 Å². The van der Waals surface area contributed by atoms with Gasteiger partial charge in [-0.25, -0.2) is 0 Å². The van der Waals surface area contributed by atoms with Crippen LogP contribution in [0.1, 0.15) is 54.1 Å². The van der Waals surface area contributed by atoms with Crippen molar-refractivity contribution in [2.75, 3.05) is 19.6 Å². The quantitative estimate of drug-likeness (QED) is 0.609. The van der Waals surface area contributed by atoms with Crippen molar-refractivity contribution in [1.82, 2.24) is 10.2 Å². The fourth-order valence-corrected chi connectivity index (χ4v) is 6.05. The van der Waals surface area contributed by atoms with Crippen molar-refractivity contribution in [3.63, 3.8) is 0 Å². The smallest absolute Gasteiger partial charge is 0.257 e. The van der Waals surface area contributed by atoms with Gasteiger partial charge >= 0.3 is 0 Å². The molecule has 0 spiro atoms. The molecule has 0 bridgehead atoms. The number of Topliss-reactive ketones (excluding diaryl/α,β-unsaturated/α-hetero) is 1. The summed E-state index contributed by atoms with van der Waals surface area (Å²) in [6, 6.07) is 17.6. The number of carbonyl (C=O) groups excluding carboxylic acids is 2. The maximum atomic E-state index is 13.4. The minimum Gasteiger partial charge on any atom is -0.375 e. The normalized spacial score (nSPS) is 26.5. The summed E-state index contributed by atoms with van der Waals surface area (Å²) >= 11 is 0. The van der Waals surface area contributed by atoms with E-state index < -0.39 is 5.60 Å². The van der Waals surface area contributed by atoms with Gasteiger partial charge in [-0.1, -0.05) is 67.4 Å². The molecular weight excluding hydrogens is 412 g/mol. The molecule has 1 saturated heterocycles. The highest BCUT2D eigenvalue weighted by Gasteiger charge is 2.58. The zero-order chi connectivity index (χ0) is 23.0. The molecule has 0 aromatic heterocycles. The lowest BCUT2D eigenvalue weighted by molar-refractivity contribution is -0.147. The largest absolute Gasteiger partial charge is 0.375 e. The Hall–Kier alpha value is -2.50. The molecule has 1 heterocycles. The first-order valence-electron chi connectivity index (χ1n) is 12.4. The number of amides is 1. The topological polar surface area (TPSA) is 69.6 Å². The number of hydrogen-bond donors (Lipinski definition) is 2. The Bertz CT molecular complexity index is 988. The molecule has 2 aromatic carbocycles. The Morgan fingerprint density at radius 2 is 1.64 bits per heavy atom. The van der Waals surface area contributed by atoms with Crippen LogP contribution < -0.4 is 5.32 Å². The zero-order valence-corrected chi connectivity index (χ0v) is 19.4. The van der Waals surface area contributed by atoms with Crippen molar-refractivity contribution in [3.05, 3.63) is 71.3 Å². The van der Waals surface area contributed by atoms with E-state index in [1.165, 1.54) is 5.56 Å². The predicted octanol–water partition coefficient (Wildman–Crippen LogP) is 3.56. The molecule has 5 heteroatoms. The molecule has 2 aromatic rings. The lowest BCUT2D eigenvalue weighted by Gasteiger charge is -2.33. The van der Waals surface area contributed by atoms with E-state index in [-0.39, 0.29) is 23.7 Å². The number of ketones is 1. The minimum absolute atomic E-state index is 0.00983. The number of hydrogen-bond acceptors (Lipinski definition) is 4.